The van der Waals surface area contributed by atoms with Crippen LogP contribution in [0.1, 0.15) is 32.3 Å². The zero-order valence-corrected chi connectivity index (χ0v) is 22.9. The van der Waals surface area contributed by atoms with E-state index >= 15 is 0 Å². The third-order valence-corrected chi connectivity index (χ3v) is 7.27. The fraction of sp³-hybridized carbons (Fsp3) is 0.344. The number of aromatic nitrogens is 3. The van der Waals surface area contributed by atoms with Gasteiger partial charge in [-0.15, -0.1) is 12.3 Å². The van der Waals surface area contributed by atoms with E-state index in [0.717, 1.165) is 65.0 Å². The van der Waals surface area contributed by atoms with Crippen molar-refractivity contribution in [1.29, 1.82) is 0 Å². The summed E-state index contributed by atoms with van der Waals surface area (Å²) in [4.78, 5) is 13.9. The summed E-state index contributed by atoms with van der Waals surface area (Å²) in [6, 6.07) is 16.5. The van der Waals surface area contributed by atoms with Crippen LogP contribution in [0.4, 0.5) is 11.6 Å². The molecule has 2 aromatic carbocycles. The Morgan fingerprint density at radius 2 is 1.97 bits per heavy atom. The van der Waals surface area contributed by atoms with E-state index in [1.54, 1.807) is 12.4 Å². The fourth-order valence-electron chi connectivity index (χ4n) is 4.94. The summed E-state index contributed by atoms with van der Waals surface area (Å²) in [5.74, 6) is 5.35. The number of ether oxygens (including phenoxy) is 1. The highest BCUT2D eigenvalue weighted by atomic mass is 16.5. The molecule has 0 radical (unpaired) electrons. The molecule has 1 aliphatic heterocycles. The molecule has 4 aromatic rings. The van der Waals surface area contributed by atoms with Crippen LogP contribution >= 0.6 is 0 Å². The van der Waals surface area contributed by atoms with Crippen LogP contribution in [0.15, 0.2) is 60.9 Å². The van der Waals surface area contributed by atoms with Crippen LogP contribution in [0.3, 0.4) is 0 Å². The van der Waals surface area contributed by atoms with E-state index in [1.165, 1.54) is 0 Å². The van der Waals surface area contributed by atoms with Gasteiger partial charge in [-0.05, 0) is 62.1 Å². The number of hydrogen-bond donors (Lipinski definition) is 3. The fourth-order valence-corrected chi connectivity index (χ4v) is 4.94. The quantitative estimate of drug-likeness (QED) is 0.224. The molecule has 0 saturated carbocycles. The predicted molar refractivity (Wildman–Crippen MR) is 159 cm³/mol. The molecular weight excluding hydrogens is 484 g/mol. The van der Waals surface area contributed by atoms with Gasteiger partial charge in [0.1, 0.15) is 5.75 Å². The molecule has 0 bridgehead atoms. The van der Waals surface area contributed by atoms with Crippen molar-refractivity contribution in [2.24, 2.45) is 11.8 Å². The highest BCUT2D eigenvalue weighted by Gasteiger charge is 2.18. The highest BCUT2D eigenvalue weighted by Crippen LogP contribution is 2.38. The van der Waals surface area contributed by atoms with Crippen LogP contribution in [-0.2, 0) is 0 Å². The average molecular weight is 521 g/mol. The van der Waals surface area contributed by atoms with Crippen LogP contribution in [0.25, 0.3) is 22.0 Å². The standard InChI is InChI=1S/C32H36N6O/c1-5-23(21(2)3)19-36-28-12-6-10-26-25(28)14-13-22(4)30(26)39-31-27(11-8-17-34-31)29-15-18-35-32(38-29)37-24-9-7-16-33-20-24/h1,6,8,10-15,17-18,21,23-24,33,36H,7,9,16,19-20H2,2-4H3,(H,35,37,38)/t23-,24+/m1/s1. The van der Waals surface area contributed by atoms with Crippen molar-refractivity contribution in [3.8, 4) is 35.2 Å². The molecule has 0 unspecified atom stereocenters. The number of rotatable bonds is 9. The zero-order chi connectivity index (χ0) is 27.2. The average Bonchev–Trinajstić information content (AvgIpc) is 2.95. The molecule has 0 aliphatic carbocycles. The minimum absolute atomic E-state index is 0.152. The Balaban J connectivity index is 1.45. The minimum Gasteiger partial charge on any atom is -0.437 e. The van der Waals surface area contributed by atoms with Crippen LogP contribution in [-0.4, -0.2) is 40.6 Å². The van der Waals surface area contributed by atoms with Gasteiger partial charge in [-0.25, -0.2) is 15.0 Å². The number of aryl methyl sites for hydroxylation is 1. The first-order valence-electron chi connectivity index (χ1n) is 13.7. The summed E-state index contributed by atoms with van der Waals surface area (Å²) in [6.45, 7) is 9.03. The first-order valence-corrected chi connectivity index (χ1v) is 13.7. The molecule has 5 rings (SSSR count). The van der Waals surface area contributed by atoms with E-state index in [9.17, 15) is 0 Å². The molecule has 39 heavy (non-hydrogen) atoms. The van der Waals surface area contributed by atoms with E-state index in [0.29, 0.717) is 30.3 Å². The first kappa shape index (κ1) is 26.5. The lowest BCUT2D eigenvalue weighted by Crippen LogP contribution is -2.38. The molecular formula is C32H36N6O. The minimum atomic E-state index is 0.152. The van der Waals surface area contributed by atoms with Gasteiger partial charge < -0.3 is 20.7 Å². The number of nitrogens with zero attached hydrogens (tertiary/aromatic N) is 3. The van der Waals surface area contributed by atoms with Gasteiger partial charge in [0.25, 0.3) is 0 Å². The van der Waals surface area contributed by atoms with Gasteiger partial charge in [0, 0.05) is 53.9 Å². The molecule has 2 aromatic heterocycles. The highest BCUT2D eigenvalue weighted by molar-refractivity contribution is 5.98. The number of anilines is 2. The zero-order valence-electron chi connectivity index (χ0n) is 22.9. The van der Waals surface area contributed by atoms with Gasteiger partial charge in [0.05, 0.1) is 11.3 Å². The molecule has 3 N–H and O–H groups in total. The Hall–Kier alpha value is -4.15. The number of pyridine rings is 1. The Labute approximate surface area is 230 Å². The summed E-state index contributed by atoms with van der Waals surface area (Å²) in [7, 11) is 0. The van der Waals surface area contributed by atoms with E-state index in [-0.39, 0.29) is 5.92 Å². The Morgan fingerprint density at radius 1 is 1.08 bits per heavy atom. The van der Waals surface area contributed by atoms with Crippen molar-refractivity contribution in [3.05, 3.63) is 66.5 Å². The van der Waals surface area contributed by atoms with Gasteiger partial charge in [0.15, 0.2) is 0 Å². The Kier molecular flexibility index (Phi) is 8.24. The molecule has 7 nitrogen and oxygen atoms in total. The predicted octanol–water partition coefficient (Wildman–Crippen LogP) is 6.27. The van der Waals surface area contributed by atoms with Crippen LogP contribution in [0.5, 0.6) is 11.6 Å². The summed E-state index contributed by atoms with van der Waals surface area (Å²) < 4.78 is 6.58. The second kappa shape index (κ2) is 12.1. The van der Waals surface area contributed by atoms with Crippen molar-refractivity contribution >= 4 is 22.4 Å². The van der Waals surface area contributed by atoms with Gasteiger partial charge in [-0.3, -0.25) is 0 Å². The summed E-state index contributed by atoms with van der Waals surface area (Å²) in [6.07, 6.45) is 11.5. The largest absolute Gasteiger partial charge is 0.437 e. The third-order valence-electron chi connectivity index (χ3n) is 7.27. The lowest BCUT2D eigenvalue weighted by molar-refractivity contribution is 0.466. The monoisotopic (exact) mass is 520 g/mol. The number of fused-ring (bicyclic) bond motifs is 1. The van der Waals surface area contributed by atoms with E-state index < -0.39 is 0 Å². The molecule has 7 heteroatoms. The Morgan fingerprint density at radius 3 is 2.77 bits per heavy atom. The van der Waals surface area contributed by atoms with Crippen molar-refractivity contribution in [2.75, 3.05) is 30.3 Å². The van der Waals surface area contributed by atoms with Gasteiger partial charge in [-0.1, -0.05) is 38.1 Å². The van der Waals surface area contributed by atoms with Gasteiger partial charge in [-0.2, -0.15) is 0 Å². The van der Waals surface area contributed by atoms with Crippen LogP contribution < -0.4 is 20.7 Å². The third kappa shape index (κ3) is 6.13. The Bertz CT molecular complexity index is 1470. The molecule has 200 valence electrons. The molecule has 1 aliphatic rings. The van der Waals surface area contributed by atoms with Gasteiger partial charge in [0.2, 0.25) is 11.8 Å². The van der Waals surface area contributed by atoms with Crippen molar-refractivity contribution < 1.29 is 4.74 Å². The smallest absolute Gasteiger partial charge is 0.228 e. The molecule has 1 saturated heterocycles. The summed E-state index contributed by atoms with van der Waals surface area (Å²) in [5.41, 5.74) is 3.62. The SMILES string of the molecule is C#C[C@H](CNc1cccc2c(Oc3ncccc3-c3ccnc(N[C@H]4CCCNC4)n3)c(C)ccc12)C(C)C. The van der Waals surface area contributed by atoms with Crippen molar-refractivity contribution in [1.82, 2.24) is 20.3 Å². The van der Waals surface area contributed by atoms with Crippen LogP contribution in [0.2, 0.25) is 0 Å². The maximum absolute atomic E-state index is 6.58. The first-order chi connectivity index (χ1) is 19.0. The van der Waals surface area contributed by atoms with Crippen molar-refractivity contribution in [3.63, 3.8) is 0 Å². The number of hydrogen-bond acceptors (Lipinski definition) is 7. The summed E-state index contributed by atoms with van der Waals surface area (Å²) in [5, 5.41) is 12.5. The van der Waals surface area contributed by atoms with E-state index in [2.05, 4.69) is 76.9 Å². The van der Waals surface area contributed by atoms with E-state index in [4.69, 9.17) is 16.1 Å². The van der Waals surface area contributed by atoms with Crippen molar-refractivity contribution in [2.45, 2.75) is 39.7 Å². The van der Waals surface area contributed by atoms with Crippen LogP contribution in [0, 0.1) is 31.1 Å². The number of piperidine rings is 1. The normalized spacial score (nSPS) is 16.0. The second-order valence-electron chi connectivity index (χ2n) is 10.4. The number of nitrogens with one attached hydrogen (secondary N) is 3. The molecule has 1 fully saturated rings. The molecule has 3 heterocycles. The molecule has 0 amide bonds. The maximum Gasteiger partial charge on any atom is 0.228 e. The molecule has 0 spiro atoms. The maximum atomic E-state index is 6.58. The summed E-state index contributed by atoms with van der Waals surface area (Å²) >= 11 is 0. The second-order valence-corrected chi connectivity index (χ2v) is 10.4. The van der Waals surface area contributed by atoms with Gasteiger partial charge >= 0.3 is 0 Å². The van der Waals surface area contributed by atoms with E-state index in [1.807, 2.05) is 24.3 Å². The number of terminal acetylenes is 1. The molecule has 2 atom stereocenters. The number of benzene rings is 2. The lowest BCUT2D eigenvalue weighted by atomic mass is 9.96. The topological polar surface area (TPSA) is 84.0 Å². The lowest BCUT2D eigenvalue weighted by Gasteiger charge is -2.23.